The highest BCUT2D eigenvalue weighted by Gasteiger charge is 2.24. The van der Waals surface area contributed by atoms with Gasteiger partial charge >= 0.3 is 0 Å². The quantitative estimate of drug-likeness (QED) is 0.287. The summed E-state index contributed by atoms with van der Waals surface area (Å²) in [5.41, 5.74) is 3.11. The van der Waals surface area contributed by atoms with E-state index in [2.05, 4.69) is 20.8 Å². The molecule has 5 rings (SSSR count). The molecular formula is C26H20N4O4. The summed E-state index contributed by atoms with van der Waals surface area (Å²) in [6.45, 7) is 1.78. The lowest BCUT2D eigenvalue weighted by molar-refractivity contribution is 0.0999. The van der Waals surface area contributed by atoms with E-state index >= 15 is 0 Å². The van der Waals surface area contributed by atoms with Gasteiger partial charge in [0, 0.05) is 16.6 Å². The van der Waals surface area contributed by atoms with Gasteiger partial charge in [-0.2, -0.15) is 5.10 Å². The minimum Gasteiger partial charge on any atom is -0.507 e. The zero-order valence-corrected chi connectivity index (χ0v) is 18.1. The molecule has 2 aromatic heterocycles. The lowest BCUT2D eigenvalue weighted by Gasteiger charge is -2.06. The second kappa shape index (κ2) is 8.59. The maximum Gasteiger partial charge on any atom is 0.293 e. The summed E-state index contributed by atoms with van der Waals surface area (Å²) in [6, 6.07) is 22.9. The van der Waals surface area contributed by atoms with E-state index in [0.717, 1.165) is 0 Å². The topological polar surface area (TPSA) is 120 Å². The fraction of sp³-hybridized carbons (Fsp3) is 0.0385. The van der Waals surface area contributed by atoms with Crippen molar-refractivity contribution in [3.63, 3.8) is 0 Å². The Balaban J connectivity index is 1.46. The number of nitrogens with one attached hydrogen (secondary N) is 3. The van der Waals surface area contributed by atoms with E-state index in [1.54, 1.807) is 73.7 Å². The van der Waals surface area contributed by atoms with Crippen molar-refractivity contribution in [2.45, 2.75) is 6.92 Å². The third kappa shape index (κ3) is 3.88. The number of fused-ring (bicyclic) bond motifs is 1. The van der Waals surface area contributed by atoms with Gasteiger partial charge in [0.25, 0.3) is 11.8 Å². The van der Waals surface area contributed by atoms with Crippen LogP contribution in [0.2, 0.25) is 0 Å². The number of para-hydroxylation sites is 3. The number of benzene rings is 3. The van der Waals surface area contributed by atoms with Crippen molar-refractivity contribution >= 4 is 34.2 Å². The molecule has 0 radical (unpaired) electrons. The largest absolute Gasteiger partial charge is 0.507 e. The Morgan fingerprint density at radius 3 is 2.50 bits per heavy atom. The minimum absolute atomic E-state index is 0.0190. The number of aromatic nitrogens is 2. The molecule has 8 nitrogen and oxygen atoms in total. The maximum absolute atomic E-state index is 13.1. The number of carbonyl (C=O) groups excluding carboxylic acids is 2. The average Bonchev–Trinajstić information content (AvgIpc) is 3.47. The molecule has 0 fully saturated rings. The van der Waals surface area contributed by atoms with Crippen LogP contribution in [-0.2, 0) is 0 Å². The minimum atomic E-state index is -0.508. The van der Waals surface area contributed by atoms with E-state index < -0.39 is 11.8 Å². The molecule has 0 bridgehead atoms. The number of H-pyrrole nitrogens is 1. The Morgan fingerprint density at radius 2 is 1.68 bits per heavy atom. The summed E-state index contributed by atoms with van der Waals surface area (Å²) >= 11 is 0. The van der Waals surface area contributed by atoms with Crippen LogP contribution in [0, 0.1) is 6.92 Å². The van der Waals surface area contributed by atoms with E-state index in [0.29, 0.717) is 33.5 Å². The Morgan fingerprint density at radius 1 is 0.912 bits per heavy atom. The lowest BCUT2D eigenvalue weighted by Crippen LogP contribution is -2.17. The third-order valence-electron chi connectivity index (χ3n) is 5.41. The van der Waals surface area contributed by atoms with E-state index in [1.807, 2.05) is 6.07 Å². The highest BCUT2D eigenvalue weighted by molar-refractivity contribution is 6.16. The molecule has 34 heavy (non-hydrogen) atoms. The van der Waals surface area contributed by atoms with Crippen LogP contribution in [0.5, 0.6) is 5.75 Å². The number of furan rings is 1. The number of phenolic OH excluding ortho intramolecular Hbond substituents is 1. The van der Waals surface area contributed by atoms with Crippen molar-refractivity contribution in [2.75, 3.05) is 10.6 Å². The Bertz CT molecular complexity index is 1520. The molecule has 0 saturated heterocycles. The van der Waals surface area contributed by atoms with Gasteiger partial charge in [-0.3, -0.25) is 14.7 Å². The van der Waals surface area contributed by atoms with Crippen molar-refractivity contribution in [3.8, 4) is 17.0 Å². The smallest absolute Gasteiger partial charge is 0.293 e. The fourth-order valence-electron chi connectivity index (χ4n) is 3.66. The SMILES string of the molecule is Cc1cccc(-c2cc(C(=O)Nc3c(C(=O)Nc4ccccc4)oc4ccccc34)[nH]n2)c1O. The standard InChI is InChI=1S/C26H20N4O4/c1-15-8-7-12-17(23(15)31)19-14-20(30-29-19)25(32)28-22-18-11-5-6-13-21(18)34-24(22)26(33)27-16-9-3-2-4-10-16/h2-14,31H,1H3,(H,27,33)(H,28,32)(H,29,30). The molecule has 8 heteroatoms. The van der Waals surface area contributed by atoms with Crippen LogP contribution < -0.4 is 10.6 Å². The van der Waals surface area contributed by atoms with Gasteiger partial charge in [0.2, 0.25) is 5.76 Å². The summed E-state index contributed by atoms with van der Waals surface area (Å²) in [6.07, 6.45) is 0. The van der Waals surface area contributed by atoms with Gasteiger partial charge in [0.1, 0.15) is 22.7 Å². The predicted molar refractivity (Wildman–Crippen MR) is 129 cm³/mol. The van der Waals surface area contributed by atoms with Gasteiger partial charge in [-0.15, -0.1) is 0 Å². The predicted octanol–water partition coefficient (Wildman–Crippen LogP) is 5.34. The summed E-state index contributed by atoms with van der Waals surface area (Å²) in [7, 11) is 0. The molecule has 4 N–H and O–H groups in total. The van der Waals surface area contributed by atoms with E-state index in [4.69, 9.17) is 4.42 Å². The van der Waals surface area contributed by atoms with E-state index in [1.165, 1.54) is 6.07 Å². The van der Waals surface area contributed by atoms with Crippen molar-refractivity contribution < 1.29 is 19.1 Å². The van der Waals surface area contributed by atoms with Crippen molar-refractivity contribution in [1.29, 1.82) is 0 Å². The average molecular weight is 452 g/mol. The number of carbonyl (C=O) groups is 2. The second-order valence-corrected chi connectivity index (χ2v) is 7.71. The molecule has 5 aromatic rings. The number of aromatic hydroxyl groups is 1. The molecule has 0 aliphatic carbocycles. The summed E-state index contributed by atoms with van der Waals surface area (Å²) in [5.74, 6) is -0.921. The summed E-state index contributed by atoms with van der Waals surface area (Å²) in [5, 5.41) is 23.3. The van der Waals surface area contributed by atoms with Crippen LogP contribution in [0.1, 0.15) is 26.6 Å². The monoisotopic (exact) mass is 452 g/mol. The van der Waals surface area contributed by atoms with Crippen LogP contribution in [-0.4, -0.2) is 27.1 Å². The normalized spacial score (nSPS) is 10.9. The van der Waals surface area contributed by atoms with Gasteiger partial charge in [0.15, 0.2) is 0 Å². The molecular weight excluding hydrogens is 432 g/mol. The number of phenols is 1. The number of aromatic amines is 1. The number of anilines is 2. The first-order valence-electron chi connectivity index (χ1n) is 10.5. The van der Waals surface area contributed by atoms with Crippen LogP contribution in [0.25, 0.3) is 22.2 Å². The molecule has 3 aromatic carbocycles. The molecule has 168 valence electrons. The first kappa shape index (κ1) is 21.0. The highest BCUT2D eigenvalue weighted by Crippen LogP contribution is 2.33. The first-order valence-corrected chi connectivity index (χ1v) is 10.5. The lowest BCUT2D eigenvalue weighted by atomic mass is 10.1. The molecule has 0 spiro atoms. The Kier molecular flexibility index (Phi) is 5.31. The van der Waals surface area contributed by atoms with Gasteiger partial charge in [-0.05, 0) is 48.9 Å². The molecule has 0 unspecified atom stereocenters. The van der Waals surface area contributed by atoms with E-state index in [9.17, 15) is 14.7 Å². The number of rotatable bonds is 5. The fourth-order valence-corrected chi connectivity index (χ4v) is 3.66. The van der Waals surface area contributed by atoms with Crippen LogP contribution in [0.3, 0.4) is 0 Å². The van der Waals surface area contributed by atoms with Crippen LogP contribution in [0.15, 0.2) is 83.3 Å². The second-order valence-electron chi connectivity index (χ2n) is 7.71. The molecule has 0 atom stereocenters. The molecule has 0 aliphatic rings. The molecule has 2 heterocycles. The van der Waals surface area contributed by atoms with Crippen molar-refractivity contribution in [3.05, 3.63) is 95.9 Å². The van der Waals surface area contributed by atoms with Crippen molar-refractivity contribution in [2.24, 2.45) is 0 Å². The Hall–Kier alpha value is -4.85. The zero-order valence-electron chi connectivity index (χ0n) is 18.1. The van der Waals surface area contributed by atoms with Gasteiger partial charge in [0.05, 0.1) is 5.69 Å². The van der Waals surface area contributed by atoms with Crippen molar-refractivity contribution in [1.82, 2.24) is 10.2 Å². The zero-order chi connectivity index (χ0) is 23.7. The van der Waals surface area contributed by atoms with Gasteiger partial charge < -0.3 is 20.2 Å². The molecule has 0 saturated carbocycles. The summed E-state index contributed by atoms with van der Waals surface area (Å²) < 4.78 is 5.79. The number of aryl methyl sites for hydroxylation is 1. The van der Waals surface area contributed by atoms with Crippen LogP contribution >= 0.6 is 0 Å². The van der Waals surface area contributed by atoms with E-state index in [-0.39, 0.29) is 22.9 Å². The summed E-state index contributed by atoms with van der Waals surface area (Å²) in [4.78, 5) is 26.0. The Labute approximate surface area is 194 Å². The van der Waals surface area contributed by atoms with Gasteiger partial charge in [-0.1, -0.05) is 42.5 Å². The highest BCUT2D eigenvalue weighted by atomic mass is 16.3. The molecule has 0 aliphatic heterocycles. The molecule has 2 amide bonds. The third-order valence-corrected chi connectivity index (χ3v) is 5.41. The maximum atomic E-state index is 13.1. The number of hydrogen-bond donors (Lipinski definition) is 4. The van der Waals surface area contributed by atoms with Crippen LogP contribution in [0.4, 0.5) is 11.4 Å². The number of hydrogen-bond acceptors (Lipinski definition) is 5. The number of amides is 2. The van der Waals surface area contributed by atoms with Gasteiger partial charge in [-0.25, -0.2) is 0 Å². The first-order chi connectivity index (χ1) is 16.5. The number of nitrogens with zero attached hydrogens (tertiary/aromatic N) is 1.